The second-order valence-electron chi connectivity index (χ2n) is 7.71. The van der Waals surface area contributed by atoms with Crippen molar-refractivity contribution < 1.29 is 27.2 Å². The van der Waals surface area contributed by atoms with Crippen LogP contribution in [0.2, 0.25) is 0 Å². The van der Waals surface area contributed by atoms with Gasteiger partial charge in [0, 0.05) is 61.3 Å². The first-order chi connectivity index (χ1) is 17.6. The van der Waals surface area contributed by atoms with Gasteiger partial charge in [-0.15, -0.1) is 21.5 Å². The summed E-state index contributed by atoms with van der Waals surface area (Å²) in [5.41, 5.74) is 0.461. The number of amides is 3. The van der Waals surface area contributed by atoms with Crippen molar-refractivity contribution in [2.75, 3.05) is 26.0 Å². The van der Waals surface area contributed by atoms with Crippen molar-refractivity contribution in [3.63, 3.8) is 0 Å². The fourth-order valence-corrected chi connectivity index (χ4v) is 3.96. The van der Waals surface area contributed by atoms with E-state index in [1.807, 2.05) is 0 Å². The molecule has 4 rings (SSSR count). The minimum absolute atomic E-state index is 0.0252. The SMILES string of the molecule is CCNC(=O)Nc1cc(-c2nc(C(F)(F)F)cs2)c(-c2cncc(-c3nnc(C(=O)N(C)C)o3)c2)cn1. The molecule has 4 heterocycles. The van der Waals surface area contributed by atoms with Gasteiger partial charge >= 0.3 is 24.0 Å². The highest BCUT2D eigenvalue weighted by Crippen LogP contribution is 2.38. The number of carbonyl (C=O) groups is 2. The molecule has 0 aromatic carbocycles. The Morgan fingerprint density at radius 2 is 1.84 bits per heavy atom. The van der Waals surface area contributed by atoms with Gasteiger partial charge in [-0.3, -0.25) is 15.1 Å². The topological polar surface area (TPSA) is 139 Å². The molecule has 15 heteroatoms. The maximum absolute atomic E-state index is 13.2. The van der Waals surface area contributed by atoms with E-state index in [0.717, 1.165) is 16.7 Å². The number of nitrogens with one attached hydrogen (secondary N) is 2. The molecule has 3 amide bonds. The number of carbonyl (C=O) groups excluding carboxylic acids is 2. The smallest absolute Gasteiger partial charge is 0.412 e. The lowest BCUT2D eigenvalue weighted by Crippen LogP contribution is -2.28. The average Bonchev–Trinajstić information content (AvgIpc) is 3.54. The summed E-state index contributed by atoms with van der Waals surface area (Å²) in [5, 5.41) is 13.7. The third-order valence-corrected chi connectivity index (χ3v) is 5.69. The van der Waals surface area contributed by atoms with Gasteiger partial charge in [-0.05, 0) is 19.1 Å². The van der Waals surface area contributed by atoms with Gasteiger partial charge in [-0.25, -0.2) is 14.8 Å². The Bertz CT molecular complexity index is 1450. The van der Waals surface area contributed by atoms with Gasteiger partial charge in [-0.1, -0.05) is 0 Å². The number of anilines is 1. The zero-order valence-electron chi connectivity index (χ0n) is 19.6. The maximum atomic E-state index is 13.2. The highest BCUT2D eigenvalue weighted by Gasteiger charge is 2.34. The summed E-state index contributed by atoms with van der Waals surface area (Å²) < 4.78 is 45.2. The van der Waals surface area contributed by atoms with Crippen LogP contribution in [0.4, 0.5) is 23.8 Å². The molecule has 37 heavy (non-hydrogen) atoms. The second-order valence-corrected chi connectivity index (χ2v) is 8.57. The molecule has 4 aromatic heterocycles. The largest absolute Gasteiger partial charge is 0.434 e. The first-order valence-corrected chi connectivity index (χ1v) is 11.5. The first-order valence-electron chi connectivity index (χ1n) is 10.7. The molecular weight excluding hydrogens is 513 g/mol. The number of rotatable bonds is 6. The number of halogens is 3. The van der Waals surface area contributed by atoms with E-state index in [0.29, 0.717) is 23.2 Å². The van der Waals surface area contributed by atoms with E-state index in [1.54, 1.807) is 13.0 Å². The highest BCUT2D eigenvalue weighted by atomic mass is 32.1. The molecule has 0 unspecified atom stereocenters. The quantitative estimate of drug-likeness (QED) is 0.377. The lowest BCUT2D eigenvalue weighted by Gasteiger charge is -2.11. The van der Waals surface area contributed by atoms with Crippen LogP contribution in [0.15, 0.2) is 40.5 Å². The van der Waals surface area contributed by atoms with E-state index >= 15 is 0 Å². The molecule has 0 atom stereocenters. The van der Waals surface area contributed by atoms with Crippen molar-refractivity contribution in [3.8, 4) is 33.2 Å². The van der Waals surface area contributed by atoms with Crippen molar-refractivity contribution in [1.82, 2.24) is 35.4 Å². The Kier molecular flexibility index (Phi) is 7.15. The number of pyridine rings is 2. The van der Waals surface area contributed by atoms with E-state index in [4.69, 9.17) is 4.42 Å². The van der Waals surface area contributed by atoms with Gasteiger partial charge in [-0.2, -0.15) is 13.2 Å². The summed E-state index contributed by atoms with van der Waals surface area (Å²) in [5.74, 6) is -0.553. The van der Waals surface area contributed by atoms with E-state index in [1.165, 1.54) is 43.7 Å². The summed E-state index contributed by atoms with van der Waals surface area (Å²) in [4.78, 5) is 37.5. The molecule has 0 saturated carbocycles. The predicted molar refractivity (Wildman–Crippen MR) is 128 cm³/mol. The fraction of sp³-hybridized carbons (Fsp3) is 0.227. The number of alkyl halides is 3. The normalized spacial score (nSPS) is 11.3. The first kappa shape index (κ1) is 25.7. The number of urea groups is 1. The van der Waals surface area contributed by atoms with Crippen LogP contribution in [-0.2, 0) is 6.18 Å². The molecule has 4 aromatic rings. The summed E-state index contributed by atoms with van der Waals surface area (Å²) in [6.45, 7) is 2.10. The van der Waals surface area contributed by atoms with Crippen LogP contribution >= 0.6 is 11.3 Å². The summed E-state index contributed by atoms with van der Waals surface area (Å²) in [7, 11) is 3.08. The predicted octanol–water partition coefficient (Wildman–Crippen LogP) is 4.18. The Labute approximate surface area is 211 Å². The van der Waals surface area contributed by atoms with Gasteiger partial charge in [0.15, 0.2) is 5.69 Å². The molecule has 0 aliphatic rings. The Morgan fingerprint density at radius 3 is 2.51 bits per heavy atom. The van der Waals surface area contributed by atoms with Crippen molar-refractivity contribution in [2.24, 2.45) is 0 Å². The molecule has 0 fully saturated rings. The van der Waals surface area contributed by atoms with Crippen LogP contribution in [0, 0.1) is 0 Å². The third kappa shape index (κ3) is 5.72. The van der Waals surface area contributed by atoms with Gasteiger partial charge in [0.05, 0.1) is 5.56 Å². The van der Waals surface area contributed by atoms with E-state index in [-0.39, 0.29) is 28.2 Å². The zero-order valence-corrected chi connectivity index (χ0v) is 20.4. The minimum Gasteiger partial charge on any atom is -0.412 e. The van der Waals surface area contributed by atoms with Crippen LogP contribution in [-0.4, -0.2) is 62.6 Å². The molecule has 11 nitrogen and oxygen atoms in total. The fourth-order valence-electron chi connectivity index (χ4n) is 3.10. The molecule has 0 aliphatic heterocycles. The number of hydrogen-bond donors (Lipinski definition) is 2. The average molecular weight is 533 g/mol. The van der Waals surface area contributed by atoms with Crippen LogP contribution in [0.1, 0.15) is 23.3 Å². The van der Waals surface area contributed by atoms with Crippen LogP contribution in [0.3, 0.4) is 0 Å². The molecule has 0 saturated heterocycles. The van der Waals surface area contributed by atoms with Crippen molar-refractivity contribution in [1.29, 1.82) is 0 Å². The van der Waals surface area contributed by atoms with Gasteiger partial charge < -0.3 is 14.6 Å². The second kappa shape index (κ2) is 10.3. The number of aromatic nitrogens is 5. The van der Waals surface area contributed by atoms with E-state index < -0.39 is 23.8 Å². The highest BCUT2D eigenvalue weighted by molar-refractivity contribution is 7.13. The molecular formula is C22H19F3N8O3S. The van der Waals surface area contributed by atoms with Crippen molar-refractivity contribution in [3.05, 3.63) is 47.7 Å². The molecule has 0 aliphatic carbocycles. The molecule has 192 valence electrons. The standard InChI is InChI=1S/C22H19F3N8O3S/c1-4-27-21(35)30-16-6-13(19-29-15(10-37-19)22(23,24)25)14(9-28-16)11-5-12(8-26-7-11)17-31-32-18(36-17)20(34)33(2)3/h5-10H,4H2,1-3H3,(H2,27,28,30,35). The van der Waals surface area contributed by atoms with Crippen molar-refractivity contribution >= 4 is 29.1 Å². The molecule has 0 radical (unpaired) electrons. The number of nitrogens with zero attached hydrogens (tertiary/aromatic N) is 6. The van der Waals surface area contributed by atoms with Crippen molar-refractivity contribution in [2.45, 2.75) is 13.1 Å². The van der Waals surface area contributed by atoms with Crippen LogP contribution < -0.4 is 10.6 Å². The molecule has 0 bridgehead atoms. The monoisotopic (exact) mass is 532 g/mol. The van der Waals surface area contributed by atoms with Crippen LogP contribution in [0.5, 0.6) is 0 Å². The van der Waals surface area contributed by atoms with E-state index in [9.17, 15) is 22.8 Å². The summed E-state index contributed by atoms with van der Waals surface area (Å²) >= 11 is 0.795. The molecule has 0 spiro atoms. The van der Waals surface area contributed by atoms with Gasteiger partial charge in [0.2, 0.25) is 5.89 Å². The molecule has 2 N–H and O–H groups in total. The lowest BCUT2D eigenvalue weighted by molar-refractivity contribution is -0.140. The number of hydrogen-bond acceptors (Lipinski definition) is 9. The lowest BCUT2D eigenvalue weighted by atomic mass is 10.0. The Balaban J connectivity index is 1.77. The zero-order chi connectivity index (χ0) is 26.7. The van der Waals surface area contributed by atoms with Crippen LogP contribution in [0.25, 0.3) is 33.2 Å². The van der Waals surface area contributed by atoms with Gasteiger partial charge in [0.1, 0.15) is 10.8 Å². The summed E-state index contributed by atoms with van der Waals surface area (Å²) in [6, 6.07) is 2.52. The minimum atomic E-state index is -4.62. The third-order valence-electron chi connectivity index (χ3n) is 4.82. The number of thiazole rings is 1. The van der Waals surface area contributed by atoms with E-state index in [2.05, 4.69) is 35.8 Å². The van der Waals surface area contributed by atoms with Gasteiger partial charge in [0.25, 0.3) is 0 Å². The summed E-state index contributed by atoms with van der Waals surface area (Å²) in [6.07, 6.45) is -0.321. The Morgan fingerprint density at radius 1 is 1.08 bits per heavy atom. The maximum Gasteiger partial charge on any atom is 0.434 e. The Hall–Kier alpha value is -4.40.